The number of anilines is 1. The van der Waals surface area contributed by atoms with E-state index >= 15 is 0 Å². The van der Waals surface area contributed by atoms with E-state index < -0.39 is 58.5 Å². The number of aromatic nitrogens is 1. The highest BCUT2D eigenvalue weighted by Crippen LogP contribution is 2.53. The van der Waals surface area contributed by atoms with E-state index in [1.54, 1.807) is 0 Å². The van der Waals surface area contributed by atoms with Gasteiger partial charge in [-0.25, -0.2) is 22.5 Å². The topological polar surface area (TPSA) is 104 Å². The first kappa shape index (κ1) is 21.4. The summed E-state index contributed by atoms with van der Waals surface area (Å²) < 4.78 is 70.5. The van der Waals surface area contributed by atoms with Crippen LogP contribution in [0.15, 0.2) is 36.5 Å². The molecular formula is C19H17F4N5O2S. The van der Waals surface area contributed by atoms with Gasteiger partial charge in [-0.15, -0.1) is 0 Å². The van der Waals surface area contributed by atoms with Crippen molar-refractivity contribution in [2.24, 2.45) is 0 Å². The highest BCUT2D eigenvalue weighted by atomic mass is 32.2. The van der Waals surface area contributed by atoms with Gasteiger partial charge in [0.15, 0.2) is 5.25 Å². The van der Waals surface area contributed by atoms with Crippen LogP contribution >= 0.6 is 0 Å². The fourth-order valence-corrected chi connectivity index (χ4v) is 5.57. The summed E-state index contributed by atoms with van der Waals surface area (Å²) in [5.74, 6) is -5.80. The lowest BCUT2D eigenvalue weighted by Crippen LogP contribution is -2.65. The first-order valence-electron chi connectivity index (χ1n) is 9.14. The van der Waals surface area contributed by atoms with Gasteiger partial charge in [-0.2, -0.15) is 4.31 Å². The molecule has 2 heterocycles. The number of benzene rings is 1. The minimum absolute atomic E-state index is 0.0777. The third-order valence-electron chi connectivity index (χ3n) is 5.41. The summed E-state index contributed by atoms with van der Waals surface area (Å²) >= 11 is -2.00. The second-order valence-corrected chi connectivity index (χ2v) is 9.12. The van der Waals surface area contributed by atoms with Crippen LogP contribution < -0.4 is 10.6 Å². The predicted molar refractivity (Wildman–Crippen MR) is 105 cm³/mol. The quantitative estimate of drug-likeness (QED) is 0.488. The molecule has 31 heavy (non-hydrogen) atoms. The number of halogens is 4. The maximum Gasteiger partial charge on any atom is 0.274 e. The van der Waals surface area contributed by atoms with Crippen molar-refractivity contribution in [1.29, 1.82) is 5.41 Å². The normalized spacial score (nSPS) is 26.9. The summed E-state index contributed by atoms with van der Waals surface area (Å²) in [6.45, 7) is 0. The number of rotatable bonds is 3. The molecule has 1 saturated carbocycles. The Kier molecular flexibility index (Phi) is 5.09. The lowest BCUT2D eigenvalue weighted by atomic mass is 9.86. The monoisotopic (exact) mass is 455 g/mol. The van der Waals surface area contributed by atoms with Crippen LogP contribution in [-0.2, 0) is 16.9 Å². The number of pyridine rings is 1. The van der Waals surface area contributed by atoms with Crippen LogP contribution in [0.5, 0.6) is 0 Å². The Labute approximate surface area is 177 Å². The van der Waals surface area contributed by atoms with Crippen LogP contribution in [0, 0.1) is 17.0 Å². The molecule has 1 aliphatic carbocycles. The third kappa shape index (κ3) is 3.69. The molecule has 7 nitrogen and oxygen atoms in total. The van der Waals surface area contributed by atoms with Gasteiger partial charge in [0.25, 0.3) is 11.8 Å². The number of alkyl halides is 2. The number of nitrogens with one attached hydrogen (secondary N) is 3. The van der Waals surface area contributed by atoms with E-state index in [1.165, 1.54) is 19.2 Å². The third-order valence-corrected chi connectivity index (χ3v) is 7.18. The molecule has 1 saturated heterocycles. The van der Waals surface area contributed by atoms with E-state index in [4.69, 9.17) is 5.41 Å². The number of guanidine groups is 1. The Morgan fingerprint density at radius 1 is 1.35 bits per heavy atom. The van der Waals surface area contributed by atoms with Gasteiger partial charge in [-0.05, 0) is 30.3 Å². The number of nitrogens with zero attached hydrogens (tertiary/aromatic N) is 2. The molecule has 12 heteroatoms. The molecule has 3 unspecified atom stereocenters. The average molecular weight is 455 g/mol. The molecule has 3 N–H and O–H groups in total. The molecule has 0 bridgehead atoms. The van der Waals surface area contributed by atoms with Crippen molar-refractivity contribution >= 4 is 28.9 Å². The van der Waals surface area contributed by atoms with Crippen molar-refractivity contribution in [3.63, 3.8) is 0 Å². The molecule has 0 radical (unpaired) electrons. The van der Waals surface area contributed by atoms with Crippen molar-refractivity contribution in [2.45, 2.75) is 29.6 Å². The van der Waals surface area contributed by atoms with Crippen LogP contribution in [0.25, 0.3) is 0 Å². The lowest BCUT2D eigenvalue weighted by molar-refractivity contribution is 0.00159. The average Bonchev–Trinajstić information content (AvgIpc) is 2.99. The molecule has 4 rings (SSSR count). The Morgan fingerprint density at radius 2 is 2.10 bits per heavy atom. The molecule has 3 atom stereocenters. The number of carbonyl (C=O) groups is 1. The largest absolute Gasteiger partial charge is 0.593 e. The summed E-state index contributed by atoms with van der Waals surface area (Å²) in [7, 11) is 1.33. The van der Waals surface area contributed by atoms with E-state index in [1.807, 2.05) is 0 Å². The fraction of sp³-hybridized carbons (Fsp3) is 0.316. The second-order valence-electron chi connectivity index (χ2n) is 7.45. The minimum Gasteiger partial charge on any atom is -0.593 e. The van der Waals surface area contributed by atoms with Crippen molar-refractivity contribution in [3.05, 3.63) is 59.4 Å². The molecule has 2 aliphatic rings. The molecule has 2 aromatic rings. The smallest absolute Gasteiger partial charge is 0.274 e. The predicted octanol–water partition coefficient (Wildman–Crippen LogP) is 2.74. The first-order valence-corrected chi connectivity index (χ1v) is 10.3. The van der Waals surface area contributed by atoms with Crippen LogP contribution in [0.2, 0.25) is 0 Å². The second kappa shape index (κ2) is 7.38. The summed E-state index contributed by atoms with van der Waals surface area (Å²) in [5.41, 5.74) is -2.05. The van der Waals surface area contributed by atoms with Gasteiger partial charge in [-0.3, -0.25) is 10.2 Å². The van der Waals surface area contributed by atoms with Crippen molar-refractivity contribution in [2.75, 3.05) is 12.4 Å². The van der Waals surface area contributed by atoms with E-state index in [0.717, 1.165) is 28.7 Å². The Hall–Kier alpha value is -2.86. The van der Waals surface area contributed by atoms with Gasteiger partial charge in [0.1, 0.15) is 22.9 Å². The van der Waals surface area contributed by atoms with E-state index in [-0.39, 0.29) is 22.9 Å². The summed E-state index contributed by atoms with van der Waals surface area (Å²) in [4.78, 5) is 16.0. The van der Waals surface area contributed by atoms with Crippen LogP contribution in [-0.4, -0.2) is 43.9 Å². The molecule has 164 valence electrons. The van der Waals surface area contributed by atoms with Gasteiger partial charge in [0.2, 0.25) is 5.96 Å². The van der Waals surface area contributed by atoms with Gasteiger partial charge in [0, 0.05) is 17.7 Å². The maximum atomic E-state index is 14.9. The van der Waals surface area contributed by atoms with Gasteiger partial charge < -0.3 is 15.2 Å². The van der Waals surface area contributed by atoms with Gasteiger partial charge in [0.05, 0.1) is 31.0 Å². The van der Waals surface area contributed by atoms with Crippen LogP contribution in [0.3, 0.4) is 0 Å². The molecule has 0 spiro atoms. The zero-order chi connectivity index (χ0) is 22.6. The van der Waals surface area contributed by atoms with E-state index in [2.05, 4.69) is 15.6 Å². The van der Waals surface area contributed by atoms with Crippen molar-refractivity contribution < 1.29 is 26.9 Å². The molecule has 1 aromatic carbocycles. The lowest BCUT2D eigenvalue weighted by Gasteiger charge is -2.44. The van der Waals surface area contributed by atoms with Crippen LogP contribution in [0.1, 0.15) is 28.9 Å². The Bertz CT molecular complexity index is 1050. The zero-order valence-corrected chi connectivity index (χ0v) is 16.9. The van der Waals surface area contributed by atoms with Crippen molar-refractivity contribution in [1.82, 2.24) is 14.6 Å². The fourth-order valence-electron chi connectivity index (χ4n) is 3.96. The SMILES string of the molecule is CN1C(=N)NC2(c3cc(NC(=O)c4ccc(F)cn4)ccc3F)CC(F)(F)CC2[S+]1[O-]. The first-order chi connectivity index (χ1) is 14.5. The Morgan fingerprint density at radius 3 is 2.77 bits per heavy atom. The summed E-state index contributed by atoms with van der Waals surface area (Å²) in [5, 5.41) is 11.9. The van der Waals surface area contributed by atoms with Gasteiger partial charge >= 0.3 is 0 Å². The molecule has 1 aromatic heterocycles. The Balaban J connectivity index is 1.72. The highest BCUT2D eigenvalue weighted by molar-refractivity contribution is 7.90. The van der Waals surface area contributed by atoms with E-state index in [9.17, 15) is 26.9 Å². The number of carbonyl (C=O) groups excluding carboxylic acids is 1. The molecular weight excluding hydrogens is 438 g/mol. The number of hydrogen-bond acceptors (Lipinski definition) is 4. The van der Waals surface area contributed by atoms with Gasteiger partial charge in [-0.1, -0.05) is 0 Å². The standard InChI is InChI=1S/C19H17F4N5O2S/c1-28-17(24)27-19(9-18(22,23)7-15(19)31(28)30)12-6-11(3-4-13(12)21)26-16(29)14-5-2-10(20)8-25-14/h2-6,8,15H,7,9H2,1H3,(H2,24,27)(H,26,29). The number of fused-ring (bicyclic) bond motifs is 1. The molecule has 1 amide bonds. The summed E-state index contributed by atoms with van der Waals surface area (Å²) in [6.07, 6.45) is -0.751. The molecule has 1 aliphatic heterocycles. The van der Waals surface area contributed by atoms with E-state index in [0.29, 0.717) is 0 Å². The minimum atomic E-state index is -3.23. The van der Waals surface area contributed by atoms with Crippen LogP contribution in [0.4, 0.5) is 23.2 Å². The highest BCUT2D eigenvalue weighted by Gasteiger charge is 2.67. The summed E-state index contributed by atoms with van der Waals surface area (Å²) in [6, 6.07) is 5.61. The molecule has 2 fully saturated rings. The van der Waals surface area contributed by atoms with Crippen molar-refractivity contribution in [3.8, 4) is 0 Å². The number of hydrogen-bond donors (Lipinski definition) is 3. The maximum absolute atomic E-state index is 14.9. The number of amides is 1. The zero-order valence-electron chi connectivity index (χ0n) is 16.1.